The lowest BCUT2D eigenvalue weighted by atomic mass is 9.87. The molecule has 1 aromatic carbocycles. The molecule has 0 fully saturated rings. The van der Waals surface area contributed by atoms with Gasteiger partial charge in [-0.25, -0.2) is 0 Å². The van der Waals surface area contributed by atoms with Crippen molar-refractivity contribution in [3.8, 4) is 0 Å². The number of hydrogen-bond acceptors (Lipinski definition) is 1. The maximum absolute atomic E-state index is 13.2. The van der Waals surface area contributed by atoms with Crippen molar-refractivity contribution in [1.82, 2.24) is 0 Å². The molecule has 1 N–H and O–H groups in total. The zero-order valence-electron chi connectivity index (χ0n) is 10.2. The molecule has 8 heteroatoms. The Morgan fingerprint density at radius 2 is 1.35 bits per heavy atom. The molecule has 0 saturated heterocycles. The van der Waals surface area contributed by atoms with Gasteiger partial charge in [0.1, 0.15) is 0 Å². The van der Waals surface area contributed by atoms with E-state index in [0.717, 1.165) is 19.1 Å². The Labute approximate surface area is 110 Å². The van der Waals surface area contributed by atoms with Crippen LogP contribution < -0.4 is 0 Å². The first-order valence-electron chi connectivity index (χ1n) is 5.41. The minimum Gasteiger partial charge on any atom is -0.385 e. The van der Waals surface area contributed by atoms with Gasteiger partial charge in [-0.05, 0) is 12.5 Å². The van der Waals surface area contributed by atoms with E-state index < -0.39 is 30.0 Å². The van der Waals surface area contributed by atoms with Crippen molar-refractivity contribution in [3.63, 3.8) is 0 Å². The minimum absolute atomic E-state index is 0.183. The van der Waals surface area contributed by atoms with E-state index in [-0.39, 0.29) is 5.56 Å². The highest BCUT2D eigenvalue weighted by molar-refractivity contribution is 5.22. The molecule has 1 rings (SSSR count). The molecule has 0 radical (unpaired) electrons. The van der Waals surface area contributed by atoms with Crippen LogP contribution in [0.5, 0.6) is 0 Å². The fourth-order valence-corrected chi connectivity index (χ4v) is 1.65. The molecular formula is C12H11F7O. The molecule has 0 amide bonds. The molecule has 1 unspecified atom stereocenters. The van der Waals surface area contributed by atoms with E-state index >= 15 is 0 Å². The molecule has 114 valence electrons. The van der Waals surface area contributed by atoms with Crippen molar-refractivity contribution < 1.29 is 35.8 Å². The fourth-order valence-electron chi connectivity index (χ4n) is 1.65. The normalized spacial score (nSPS) is 16.9. The number of aliphatic hydroxyl groups is 1. The summed E-state index contributed by atoms with van der Waals surface area (Å²) in [6, 6.07) is 6.46. The van der Waals surface area contributed by atoms with E-state index in [4.69, 9.17) is 0 Å². The van der Waals surface area contributed by atoms with Gasteiger partial charge in [-0.15, -0.1) is 0 Å². The number of hydrogen-bond donors (Lipinski definition) is 1. The summed E-state index contributed by atoms with van der Waals surface area (Å²) in [7, 11) is 0. The largest absolute Gasteiger partial charge is 0.459 e. The van der Waals surface area contributed by atoms with Gasteiger partial charge in [0.05, 0.1) is 12.0 Å². The fraction of sp³-hybridized carbons (Fsp3) is 0.500. The van der Waals surface area contributed by atoms with E-state index in [1.807, 2.05) is 0 Å². The molecule has 1 aromatic rings. The first kappa shape index (κ1) is 16.7. The summed E-state index contributed by atoms with van der Waals surface area (Å²) in [4.78, 5) is 0. The maximum atomic E-state index is 13.2. The van der Waals surface area contributed by atoms with Crippen molar-refractivity contribution in [1.29, 1.82) is 0 Å². The molecule has 0 aromatic heterocycles. The summed E-state index contributed by atoms with van der Waals surface area (Å²) in [6.07, 6.45) is -8.46. The summed E-state index contributed by atoms with van der Waals surface area (Å²) in [5.41, 5.74) is -2.71. The van der Waals surface area contributed by atoms with E-state index in [2.05, 4.69) is 0 Å². The first-order valence-corrected chi connectivity index (χ1v) is 5.41. The summed E-state index contributed by atoms with van der Waals surface area (Å²) < 4.78 is 88.0. The van der Waals surface area contributed by atoms with Crippen LogP contribution in [0.1, 0.15) is 18.9 Å². The molecule has 0 aliphatic heterocycles. The van der Waals surface area contributed by atoms with E-state index in [0.29, 0.717) is 0 Å². The van der Waals surface area contributed by atoms with Crippen molar-refractivity contribution in [2.24, 2.45) is 0 Å². The number of benzene rings is 1. The smallest absolute Gasteiger partial charge is 0.385 e. The number of rotatable bonds is 4. The molecule has 0 saturated carbocycles. The van der Waals surface area contributed by atoms with E-state index in [9.17, 15) is 35.8 Å². The molecule has 1 atom stereocenters. The average Bonchev–Trinajstić information content (AvgIpc) is 2.27. The van der Waals surface area contributed by atoms with Crippen LogP contribution in [0.4, 0.5) is 30.7 Å². The lowest BCUT2D eigenvalue weighted by molar-refractivity contribution is -0.361. The van der Waals surface area contributed by atoms with Crippen LogP contribution in [-0.4, -0.2) is 23.1 Å². The SMILES string of the molecule is CC(O)(CC(F)(F)C(F)(F)C(F)(F)F)c1ccccc1. The van der Waals surface area contributed by atoms with E-state index in [1.165, 1.54) is 18.2 Å². The van der Waals surface area contributed by atoms with Gasteiger partial charge in [0.2, 0.25) is 0 Å². The lowest BCUT2D eigenvalue weighted by Gasteiger charge is -2.33. The lowest BCUT2D eigenvalue weighted by Crippen LogP contribution is -2.54. The van der Waals surface area contributed by atoms with Crippen LogP contribution >= 0.6 is 0 Å². The Hall–Kier alpha value is -1.31. The first-order chi connectivity index (χ1) is 8.81. The number of halogens is 7. The summed E-state index contributed by atoms with van der Waals surface area (Å²) in [5.74, 6) is -11.7. The average molecular weight is 304 g/mol. The van der Waals surface area contributed by atoms with Crippen molar-refractivity contribution >= 4 is 0 Å². The predicted octanol–water partition coefficient (Wildman–Crippen LogP) is 4.12. The second kappa shape index (κ2) is 4.91. The topological polar surface area (TPSA) is 20.2 Å². The molecule has 0 spiro atoms. The molecule has 0 heterocycles. The van der Waals surface area contributed by atoms with E-state index in [1.54, 1.807) is 0 Å². The highest BCUT2D eigenvalue weighted by Crippen LogP contribution is 2.50. The Bertz CT molecular complexity index is 451. The van der Waals surface area contributed by atoms with Gasteiger partial charge in [-0.1, -0.05) is 30.3 Å². The second-order valence-corrected chi connectivity index (χ2v) is 4.59. The Kier molecular flexibility index (Phi) is 4.11. The quantitative estimate of drug-likeness (QED) is 0.830. The zero-order valence-corrected chi connectivity index (χ0v) is 10.2. The third-order valence-corrected chi connectivity index (χ3v) is 2.78. The highest BCUT2D eigenvalue weighted by atomic mass is 19.4. The van der Waals surface area contributed by atoms with Gasteiger partial charge in [0.15, 0.2) is 0 Å². The van der Waals surface area contributed by atoms with Gasteiger partial charge in [-0.3, -0.25) is 0 Å². The van der Waals surface area contributed by atoms with Gasteiger partial charge in [-0.2, -0.15) is 30.7 Å². The van der Waals surface area contributed by atoms with Gasteiger partial charge >= 0.3 is 18.0 Å². The van der Waals surface area contributed by atoms with Crippen molar-refractivity contribution in [3.05, 3.63) is 35.9 Å². The highest BCUT2D eigenvalue weighted by Gasteiger charge is 2.73. The predicted molar refractivity (Wildman–Crippen MR) is 56.6 cm³/mol. The van der Waals surface area contributed by atoms with Crippen molar-refractivity contribution in [2.75, 3.05) is 0 Å². The van der Waals surface area contributed by atoms with Gasteiger partial charge < -0.3 is 5.11 Å². The third kappa shape index (κ3) is 3.05. The third-order valence-electron chi connectivity index (χ3n) is 2.78. The van der Waals surface area contributed by atoms with Crippen molar-refractivity contribution in [2.45, 2.75) is 37.0 Å². The van der Waals surface area contributed by atoms with Crippen LogP contribution in [0.2, 0.25) is 0 Å². The molecule has 20 heavy (non-hydrogen) atoms. The monoisotopic (exact) mass is 304 g/mol. The van der Waals surface area contributed by atoms with Crippen LogP contribution in [0.3, 0.4) is 0 Å². The molecule has 0 bridgehead atoms. The summed E-state index contributed by atoms with van der Waals surface area (Å²) in [5, 5.41) is 9.77. The van der Waals surface area contributed by atoms with Crippen LogP contribution in [0, 0.1) is 0 Å². The van der Waals surface area contributed by atoms with Crippen LogP contribution in [-0.2, 0) is 5.60 Å². The minimum atomic E-state index is -6.40. The summed E-state index contributed by atoms with van der Waals surface area (Å²) >= 11 is 0. The van der Waals surface area contributed by atoms with Gasteiger partial charge in [0.25, 0.3) is 0 Å². The molecule has 1 nitrogen and oxygen atoms in total. The maximum Gasteiger partial charge on any atom is 0.459 e. The Morgan fingerprint density at radius 3 is 1.75 bits per heavy atom. The zero-order chi connectivity index (χ0) is 15.8. The molecule has 0 aliphatic carbocycles. The molecule has 0 aliphatic rings. The standard InChI is InChI=1S/C12H11F7O/c1-9(20,8-5-3-2-4-6-8)7-10(13,14)11(15,16)12(17,18)19/h2-6,20H,7H2,1H3. The summed E-state index contributed by atoms with van der Waals surface area (Å²) in [6.45, 7) is 0.753. The van der Waals surface area contributed by atoms with Crippen LogP contribution in [0.15, 0.2) is 30.3 Å². The molecular weight excluding hydrogens is 293 g/mol. The number of alkyl halides is 7. The van der Waals surface area contributed by atoms with Crippen LogP contribution in [0.25, 0.3) is 0 Å². The second-order valence-electron chi connectivity index (χ2n) is 4.59. The van der Waals surface area contributed by atoms with Gasteiger partial charge in [0, 0.05) is 0 Å². The Morgan fingerprint density at radius 1 is 0.900 bits per heavy atom. The Balaban J connectivity index is 3.08.